The molecule has 0 amide bonds. The first kappa shape index (κ1) is 14.9. The van der Waals surface area contributed by atoms with Crippen LogP contribution in [0.15, 0.2) is 36.4 Å². The van der Waals surface area contributed by atoms with Gasteiger partial charge in [0.25, 0.3) is 0 Å². The molecule has 122 valence electrons. The summed E-state index contributed by atoms with van der Waals surface area (Å²) in [5, 5.41) is 3.82. The number of fused-ring (bicyclic) bond motifs is 1. The van der Waals surface area contributed by atoms with Crippen molar-refractivity contribution in [1.82, 2.24) is 15.4 Å². The Balaban J connectivity index is 1.73. The third-order valence-electron chi connectivity index (χ3n) is 4.77. The number of para-hydroxylation sites is 1. The Morgan fingerprint density at radius 3 is 2.96 bits per heavy atom. The van der Waals surface area contributed by atoms with E-state index >= 15 is 0 Å². The lowest BCUT2D eigenvalue weighted by molar-refractivity contribution is 0.606. The molecule has 1 N–H and O–H groups in total. The van der Waals surface area contributed by atoms with Gasteiger partial charge in [0.05, 0.1) is 16.3 Å². The van der Waals surface area contributed by atoms with Crippen LogP contribution in [-0.4, -0.2) is 9.97 Å². The van der Waals surface area contributed by atoms with Crippen LogP contribution in [0.4, 0.5) is 11.5 Å². The summed E-state index contributed by atoms with van der Waals surface area (Å²) in [5.74, 6) is 2.34. The number of hydrazine groups is 1. The van der Waals surface area contributed by atoms with Crippen molar-refractivity contribution in [3.05, 3.63) is 58.4 Å². The van der Waals surface area contributed by atoms with Crippen molar-refractivity contribution >= 4 is 24.3 Å². The van der Waals surface area contributed by atoms with E-state index in [2.05, 4.69) is 65.3 Å². The first-order valence-electron chi connectivity index (χ1n) is 8.63. The molecular weight excluding hydrogens is 296 g/mol. The van der Waals surface area contributed by atoms with Crippen LogP contribution in [0.2, 0.25) is 0 Å². The zero-order chi connectivity index (χ0) is 16.5. The van der Waals surface area contributed by atoms with E-state index in [-0.39, 0.29) is 0 Å². The van der Waals surface area contributed by atoms with Crippen LogP contribution in [0.25, 0.3) is 12.8 Å². The van der Waals surface area contributed by atoms with Gasteiger partial charge in [0.2, 0.25) is 0 Å². The maximum Gasteiger partial charge on any atom is 0.164 e. The van der Waals surface area contributed by atoms with Crippen molar-refractivity contribution in [3.8, 4) is 0 Å². The van der Waals surface area contributed by atoms with E-state index in [9.17, 15) is 0 Å². The highest BCUT2D eigenvalue weighted by molar-refractivity contribution is 5.68. The standard InChI is InChI=1S/C20H22N4/c1-3-16-10-6-7-11-18(16)24-20-17(13-21-24)14(2)22-19(23-20)12-15-8-4-5-9-15/h4,6-8,10-11,13,15,21H,2-3,5,9,12H2,1H3. The van der Waals surface area contributed by atoms with Gasteiger partial charge < -0.3 is 0 Å². The monoisotopic (exact) mass is 318 g/mol. The zero-order valence-electron chi connectivity index (χ0n) is 14.0. The number of hydrogen-bond donors (Lipinski definition) is 1. The lowest BCUT2D eigenvalue weighted by Gasteiger charge is -2.22. The molecular formula is C20H22N4. The van der Waals surface area contributed by atoms with Crippen LogP contribution < -0.4 is 21.0 Å². The molecule has 0 saturated heterocycles. The van der Waals surface area contributed by atoms with Crippen LogP contribution >= 0.6 is 0 Å². The van der Waals surface area contributed by atoms with Crippen molar-refractivity contribution in [2.24, 2.45) is 5.92 Å². The summed E-state index contributed by atoms with van der Waals surface area (Å²) in [6.07, 6.45) is 10.7. The van der Waals surface area contributed by atoms with Crippen molar-refractivity contribution < 1.29 is 0 Å². The molecule has 2 aliphatic rings. The third-order valence-corrected chi connectivity index (χ3v) is 4.77. The highest BCUT2D eigenvalue weighted by Crippen LogP contribution is 2.26. The zero-order valence-corrected chi connectivity index (χ0v) is 14.0. The first-order valence-corrected chi connectivity index (χ1v) is 8.63. The van der Waals surface area contributed by atoms with E-state index < -0.39 is 0 Å². The molecule has 24 heavy (non-hydrogen) atoms. The van der Waals surface area contributed by atoms with Gasteiger partial charge in [-0.2, -0.15) is 0 Å². The number of hydrogen-bond acceptors (Lipinski definition) is 4. The average molecular weight is 318 g/mol. The fourth-order valence-corrected chi connectivity index (χ4v) is 3.46. The summed E-state index contributed by atoms with van der Waals surface area (Å²) in [5.41, 5.74) is 5.75. The maximum absolute atomic E-state index is 4.86. The van der Waals surface area contributed by atoms with E-state index in [1.54, 1.807) is 0 Å². The van der Waals surface area contributed by atoms with Gasteiger partial charge in [-0.05, 0) is 36.8 Å². The number of nitrogens with one attached hydrogen (secondary N) is 1. The minimum atomic E-state index is 0.553. The van der Waals surface area contributed by atoms with Crippen LogP contribution in [0.5, 0.6) is 0 Å². The van der Waals surface area contributed by atoms with Crippen LogP contribution in [0.3, 0.4) is 0 Å². The van der Waals surface area contributed by atoms with E-state index in [4.69, 9.17) is 4.98 Å². The molecule has 1 aliphatic carbocycles. The summed E-state index contributed by atoms with van der Waals surface area (Å²) in [6.45, 7) is 6.30. The maximum atomic E-state index is 4.86. The number of allylic oxidation sites excluding steroid dienone is 2. The molecule has 1 atom stereocenters. The van der Waals surface area contributed by atoms with Crippen molar-refractivity contribution in [1.29, 1.82) is 0 Å². The molecule has 1 aromatic carbocycles. The van der Waals surface area contributed by atoms with E-state index in [0.29, 0.717) is 5.92 Å². The largest absolute Gasteiger partial charge is 0.299 e. The SMILES string of the molecule is C=c1nc(CC2C=CCC2)nc2c1=CNN2c1ccccc1CC. The molecule has 0 spiro atoms. The molecule has 0 radical (unpaired) electrons. The predicted octanol–water partition coefficient (Wildman–Crippen LogP) is 2.35. The smallest absolute Gasteiger partial charge is 0.164 e. The van der Waals surface area contributed by atoms with Gasteiger partial charge in [0.1, 0.15) is 5.82 Å². The van der Waals surface area contributed by atoms with Gasteiger partial charge in [0.15, 0.2) is 5.82 Å². The molecule has 0 saturated carbocycles. The van der Waals surface area contributed by atoms with E-state index in [1.165, 1.54) is 12.0 Å². The number of rotatable bonds is 4. The van der Waals surface area contributed by atoms with Gasteiger partial charge in [-0.25, -0.2) is 15.0 Å². The van der Waals surface area contributed by atoms with Crippen LogP contribution in [-0.2, 0) is 12.8 Å². The number of aryl methyl sites for hydroxylation is 1. The van der Waals surface area contributed by atoms with Crippen molar-refractivity contribution in [3.63, 3.8) is 0 Å². The Labute approximate surface area is 142 Å². The van der Waals surface area contributed by atoms with Gasteiger partial charge in [-0.3, -0.25) is 5.43 Å². The van der Waals surface area contributed by atoms with Gasteiger partial charge in [0, 0.05) is 12.6 Å². The van der Waals surface area contributed by atoms with Crippen LogP contribution in [0, 0.1) is 5.92 Å². The summed E-state index contributed by atoms with van der Waals surface area (Å²) >= 11 is 0. The minimum absolute atomic E-state index is 0.553. The average Bonchev–Trinajstić information content (AvgIpc) is 3.24. The molecule has 1 aliphatic heterocycles. The summed E-state index contributed by atoms with van der Waals surface area (Å²) in [6, 6.07) is 8.42. The lowest BCUT2D eigenvalue weighted by atomic mass is 10.1. The molecule has 4 rings (SSSR count). The Kier molecular flexibility index (Phi) is 3.81. The quantitative estimate of drug-likeness (QED) is 0.879. The van der Waals surface area contributed by atoms with Crippen LogP contribution in [0.1, 0.15) is 31.2 Å². The molecule has 1 aromatic heterocycles. The predicted molar refractivity (Wildman–Crippen MR) is 97.9 cm³/mol. The molecule has 0 fully saturated rings. The molecule has 4 nitrogen and oxygen atoms in total. The summed E-state index contributed by atoms with van der Waals surface area (Å²) in [4.78, 5) is 9.48. The van der Waals surface area contributed by atoms with Gasteiger partial charge in [-0.15, -0.1) is 0 Å². The molecule has 2 heterocycles. The molecule has 0 bridgehead atoms. The Morgan fingerprint density at radius 2 is 2.17 bits per heavy atom. The first-order chi connectivity index (χ1) is 11.8. The number of anilines is 2. The Hall–Kier alpha value is -2.62. The summed E-state index contributed by atoms with van der Waals surface area (Å²) in [7, 11) is 0. The van der Waals surface area contributed by atoms with Crippen molar-refractivity contribution in [2.45, 2.75) is 32.6 Å². The number of benzene rings is 1. The second kappa shape index (κ2) is 6.11. The number of aromatic nitrogens is 2. The Morgan fingerprint density at radius 1 is 1.29 bits per heavy atom. The second-order valence-electron chi connectivity index (χ2n) is 6.38. The normalized spacial score (nSPS) is 18.4. The Bertz CT molecular complexity index is 900. The second-order valence-corrected chi connectivity index (χ2v) is 6.38. The number of nitrogens with zero attached hydrogens (tertiary/aromatic N) is 3. The van der Waals surface area contributed by atoms with Gasteiger partial charge >= 0.3 is 0 Å². The highest BCUT2D eigenvalue weighted by atomic mass is 15.5. The third kappa shape index (κ3) is 2.58. The van der Waals surface area contributed by atoms with Gasteiger partial charge in [-0.1, -0.05) is 43.9 Å². The van der Waals surface area contributed by atoms with Crippen molar-refractivity contribution in [2.75, 3.05) is 5.01 Å². The molecule has 2 aromatic rings. The van der Waals surface area contributed by atoms with E-state index in [1.807, 2.05) is 6.20 Å². The minimum Gasteiger partial charge on any atom is -0.299 e. The topological polar surface area (TPSA) is 41.1 Å². The van der Waals surface area contributed by atoms with E-state index in [0.717, 1.165) is 47.2 Å². The highest BCUT2D eigenvalue weighted by Gasteiger charge is 2.21. The summed E-state index contributed by atoms with van der Waals surface area (Å²) < 4.78 is 0. The lowest BCUT2D eigenvalue weighted by Crippen LogP contribution is -2.33. The molecule has 1 unspecified atom stereocenters. The fraction of sp³-hybridized carbons (Fsp3) is 0.300. The fourth-order valence-electron chi connectivity index (χ4n) is 3.46. The molecule has 4 heteroatoms.